The van der Waals surface area contributed by atoms with Gasteiger partial charge >= 0.3 is 0 Å². The summed E-state index contributed by atoms with van der Waals surface area (Å²) in [7, 11) is 0. The van der Waals surface area contributed by atoms with E-state index >= 15 is 0 Å². The number of nitrogens with one attached hydrogen (secondary N) is 1. The second-order valence-corrected chi connectivity index (χ2v) is 4.13. The van der Waals surface area contributed by atoms with Gasteiger partial charge in [0.25, 0.3) is 5.91 Å². The molecule has 0 aliphatic carbocycles. The summed E-state index contributed by atoms with van der Waals surface area (Å²) >= 11 is 5.96. The van der Waals surface area contributed by atoms with Gasteiger partial charge in [-0.1, -0.05) is 60.1 Å². The largest absolute Gasteiger partial charge is 0.321 e. The number of halogens is 1. The first-order valence-corrected chi connectivity index (χ1v) is 5.92. The zero-order chi connectivity index (χ0) is 12.8. The van der Waals surface area contributed by atoms with Crippen LogP contribution in [0.5, 0.6) is 0 Å². The molecule has 2 nitrogen and oxygen atoms in total. The molecule has 2 rings (SSSR count). The lowest BCUT2D eigenvalue weighted by atomic mass is 10.2. The third kappa shape index (κ3) is 3.47. The van der Waals surface area contributed by atoms with E-state index < -0.39 is 0 Å². The predicted molar refractivity (Wildman–Crippen MR) is 75.3 cm³/mol. The number of hydrogen-bond acceptors (Lipinski definition) is 1. The molecule has 0 atom stereocenters. The number of anilines is 1. The van der Waals surface area contributed by atoms with Gasteiger partial charge in [-0.3, -0.25) is 4.79 Å². The standard InChI is InChI=1S/C15H12ClNO/c16-14(11-12-7-3-1-4-8-12)15(18)17-13-9-5-2-6-10-13/h1-11H,(H,17,18)/b14-11-. The van der Waals surface area contributed by atoms with Crippen molar-refractivity contribution >= 4 is 29.3 Å². The Morgan fingerprint density at radius 2 is 1.50 bits per heavy atom. The van der Waals surface area contributed by atoms with Gasteiger partial charge in [0.05, 0.1) is 0 Å². The van der Waals surface area contributed by atoms with Gasteiger partial charge in [-0.25, -0.2) is 0 Å². The van der Waals surface area contributed by atoms with Crippen LogP contribution >= 0.6 is 11.6 Å². The maximum Gasteiger partial charge on any atom is 0.267 e. The average molecular weight is 258 g/mol. The molecule has 0 aromatic heterocycles. The van der Waals surface area contributed by atoms with Crippen LogP contribution in [0.3, 0.4) is 0 Å². The Morgan fingerprint density at radius 1 is 0.944 bits per heavy atom. The molecule has 90 valence electrons. The van der Waals surface area contributed by atoms with Crippen molar-refractivity contribution in [1.82, 2.24) is 0 Å². The molecule has 2 aromatic carbocycles. The molecule has 0 aliphatic heterocycles. The number of hydrogen-bond donors (Lipinski definition) is 1. The van der Waals surface area contributed by atoms with Gasteiger partial charge in [0.15, 0.2) is 0 Å². The second-order valence-electron chi connectivity index (χ2n) is 3.72. The third-order valence-corrected chi connectivity index (χ3v) is 2.62. The fraction of sp³-hybridized carbons (Fsp3) is 0. The van der Waals surface area contributed by atoms with Crippen LogP contribution in [-0.2, 0) is 4.79 Å². The van der Waals surface area contributed by atoms with Gasteiger partial charge in [-0.15, -0.1) is 0 Å². The highest BCUT2D eigenvalue weighted by Gasteiger charge is 2.06. The Labute approximate surface area is 111 Å². The molecule has 18 heavy (non-hydrogen) atoms. The SMILES string of the molecule is O=C(Nc1ccccc1)/C(Cl)=C/c1ccccc1. The number of amides is 1. The zero-order valence-electron chi connectivity index (χ0n) is 9.64. The molecule has 0 saturated carbocycles. The van der Waals surface area contributed by atoms with Gasteiger partial charge < -0.3 is 5.32 Å². The fourth-order valence-corrected chi connectivity index (χ4v) is 1.65. The minimum absolute atomic E-state index is 0.157. The highest BCUT2D eigenvalue weighted by Crippen LogP contribution is 2.13. The van der Waals surface area contributed by atoms with Gasteiger partial charge in [0, 0.05) is 5.69 Å². The molecule has 3 heteroatoms. The highest BCUT2D eigenvalue weighted by atomic mass is 35.5. The van der Waals surface area contributed by atoms with Gasteiger partial charge in [0.1, 0.15) is 5.03 Å². The van der Waals surface area contributed by atoms with E-state index in [9.17, 15) is 4.79 Å². The lowest BCUT2D eigenvalue weighted by Gasteiger charge is -2.03. The van der Waals surface area contributed by atoms with Crippen molar-refractivity contribution in [2.24, 2.45) is 0 Å². The molecule has 0 bridgehead atoms. The molecule has 0 fully saturated rings. The Bertz CT molecular complexity index is 549. The lowest BCUT2D eigenvalue weighted by molar-refractivity contribution is -0.112. The van der Waals surface area contributed by atoms with Crippen LogP contribution in [0.25, 0.3) is 6.08 Å². The molecule has 0 radical (unpaired) electrons. The summed E-state index contributed by atoms with van der Waals surface area (Å²) in [5, 5.41) is 2.88. The normalized spacial score (nSPS) is 11.1. The first-order chi connectivity index (χ1) is 8.75. The van der Waals surface area contributed by atoms with Crippen molar-refractivity contribution < 1.29 is 4.79 Å². The van der Waals surface area contributed by atoms with Crippen LogP contribution in [-0.4, -0.2) is 5.91 Å². The summed E-state index contributed by atoms with van der Waals surface area (Å²) in [6.45, 7) is 0. The van der Waals surface area contributed by atoms with E-state index in [4.69, 9.17) is 11.6 Å². The minimum atomic E-state index is -0.313. The monoisotopic (exact) mass is 257 g/mol. The van der Waals surface area contributed by atoms with Crippen molar-refractivity contribution in [2.75, 3.05) is 5.32 Å². The maximum atomic E-state index is 11.8. The van der Waals surface area contributed by atoms with Crippen molar-refractivity contribution in [3.8, 4) is 0 Å². The molecular formula is C15H12ClNO. The number of carbonyl (C=O) groups is 1. The highest BCUT2D eigenvalue weighted by molar-refractivity contribution is 6.45. The van der Waals surface area contributed by atoms with Gasteiger partial charge in [-0.2, -0.15) is 0 Å². The van der Waals surface area contributed by atoms with Crippen molar-refractivity contribution in [1.29, 1.82) is 0 Å². The first-order valence-electron chi connectivity index (χ1n) is 5.54. The molecule has 1 N–H and O–H groups in total. The number of para-hydroxylation sites is 1. The average Bonchev–Trinajstić information content (AvgIpc) is 2.41. The lowest BCUT2D eigenvalue weighted by Crippen LogP contribution is -2.11. The summed E-state index contributed by atoms with van der Waals surface area (Å²) in [4.78, 5) is 11.8. The van der Waals surface area contributed by atoms with Crippen LogP contribution < -0.4 is 5.32 Å². The molecular weight excluding hydrogens is 246 g/mol. The summed E-state index contributed by atoms with van der Waals surface area (Å²) in [6.07, 6.45) is 1.64. The zero-order valence-corrected chi connectivity index (χ0v) is 10.4. The van der Waals surface area contributed by atoms with Crippen LogP contribution in [0.15, 0.2) is 65.7 Å². The van der Waals surface area contributed by atoms with E-state index in [1.807, 2.05) is 60.7 Å². The van der Waals surface area contributed by atoms with Crippen LogP contribution in [0.2, 0.25) is 0 Å². The quantitative estimate of drug-likeness (QED) is 0.830. The molecule has 1 amide bonds. The van der Waals surface area contributed by atoms with E-state index in [1.54, 1.807) is 6.08 Å². The summed E-state index contributed by atoms with van der Waals surface area (Å²) in [5.74, 6) is -0.313. The Balaban J connectivity index is 2.08. The van der Waals surface area contributed by atoms with Crippen molar-refractivity contribution in [2.45, 2.75) is 0 Å². The van der Waals surface area contributed by atoms with Crippen LogP contribution in [0, 0.1) is 0 Å². The Hall–Kier alpha value is -2.06. The van der Waals surface area contributed by atoms with E-state index in [0.717, 1.165) is 11.3 Å². The topological polar surface area (TPSA) is 29.1 Å². The van der Waals surface area contributed by atoms with Crippen molar-refractivity contribution in [3.05, 3.63) is 71.3 Å². The summed E-state index contributed by atoms with van der Waals surface area (Å²) < 4.78 is 0. The van der Waals surface area contributed by atoms with E-state index in [2.05, 4.69) is 5.32 Å². The number of benzene rings is 2. The van der Waals surface area contributed by atoms with Gasteiger partial charge in [-0.05, 0) is 23.8 Å². The van der Waals surface area contributed by atoms with Crippen LogP contribution in [0.1, 0.15) is 5.56 Å². The van der Waals surface area contributed by atoms with E-state index in [0.29, 0.717) is 0 Å². The van der Waals surface area contributed by atoms with E-state index in [-0.39, 0.29) is 10.9 Å². The first kappa shape index (κ1) is 12.4. The van der Waals surface area contributed by atoms with Gasteiger partial charge in [0.2, 0.25) is 0 Å². The van der Waals surface area contributed by atoms with E-state index in [1.165, 1.54) is 0 Å². The molecule has 0 saturated heterocycles. The minimum Gasteiger partial charge on any atom is -0.321 e. The van der Waals surface area contributed by atoms with Crippen molar-refractivity contribution in [3.63, 3.8) is 0 Å². The Kier molecular flexibility index (Phi) is 4.15. The Morgan fingerprint density at radius 3 is 2.11 bits per heavy atom. The molecule has 2 aromatic rings. The molecule has 0 unspecified atom stereocenters. The number of rotatable bonds is 3. The van der Waals surface area contributed by atoms with Crippen LogP contribution in [0.4, 0.5) is 5.69 Å². The maximum absolute atomic E-state index is 11.8. The number of carbonyl (C=O) groups excluding carboxylic acids is 1. The smallest absolute Gasteiger partial charge is 0.267 e. The second kappa shape index (κ2) is 6.03. The predicted octanol–water partition coefficient (Wildman–Crippen LogP) is 3.91. The molecule has 0 heterocycles. The molecule has 0 spiro atoms. The summed E-state index contributed by atoms with van der Waals surface area (Å²) in [5.41, 5.74) is 1.62. The molecule has 0 aliphatic rings. The fourth-order valence-electron chi connectivity index (χ4n) is 1.47. The summed E-state index contributed by atoms with van der Waals surface area (Å²) in [6, 6.07) is 18.7. The third-order valence-electron chi connectivity index (χ3n) is 2.34.